The third-order valence-corrected chi connectivity index (χ3v) is 8.35. The van der Waals surface area contributed by atoms with Crippen LogP contribution in [-0.2, 0) is 9.59 Å². The van der Waals surface area contributed by atoms with Crippen LogP contribution in [0.3, 0.4) is 0 Å². The molecule has 4 nitrogen and oxygen atoms in total. The zero-order valence-corrected chi connectivity index (χ0v) is 21.7. The first-order chi connectivity index (χ1) is 16.5. The summed E-state index contributed by atoms with van der Waals surface area (Å²) in [7, 11) is 0. The van der Waals surface area contributed by atoms with Gasteiger partial charge in [0.05, 0.1) is 5.92 Å². The van der Waals surface area contributed by atoms with Gasteiger partial charge >= 0.3 is 11.9 Å². The molecule has 190 valence electrons. The van der Waals surface area contributed by atoms with Crippen LogP contribution in [0.2, 0.25) is 0 Å². The van der Waals surface area contributed by atoms with Crippen molar-refractivity contribution in [2.24, 2.45) is 29.6 Å². The van der Waals surface area contributed by atoms with Crippen LogP contribution in [0.5, 0.6) is 11.5 Å². The number of carbonyl (C=O) groups excluding carboxylic acids is 2. The van der Waals surface area contributed by atoms with Crippen LogP contribution in [0, 0.1) is 29.6 Å². The fourth-order valence-electron chi connectivity index (χ4n) is 5.93. The van der Waals surface area contributed by atoms with E-state index < -0.39 is 0 Å². The Morgan fingerprint density at radius 1 is 0.824 bits per heavy atom. The minimum Gasteiger partial charge on any atom is -0.427 e. The first kappa shape index (κ1) is 26.8. The van der Waals surface area contributed by atoms with Crippen molar-refractivity contribution in [2.75, 3.05) is 0 Å². The average molecular weight is 471 g/mol. The Kier molecular flexibility index (Phi) is 10.9. The molecule has 1 unspecified atom stereocenters. The Morgan fingerprint density at radius 2 is 1.38 bits per heavy atom. The Morgan fingerprint density at radius 3 is 1.94 bits per heavy atom. The molecule has 2 saturated carbocycles. The molecular formula is C30H46O4. The number of rotatable bonds is 11. The van der Waals surface area contributed by atoms with Crippen LogP contribution in [0.25, 0.3) is 0 Å². The number of ether oxygens (including phenoxy) is 2. The zero-order valence-electron chi connectivity index (χ0n) is 21.7. The van der Waals surface area contributed by atoms with Crippen LogP contribution >= 0.6 is 0 Å². The van der Waals surface area contributed by atoms with E-state index in [-0.39, 0.29) is 17.9 Å². The summed E-state index contributed by atoms with van der Waals surface area (Å²) in [6.07, 6.45) is 15.9. The number of benzene rings is 1. The highest BCUT2D eigenvalue weighted by Gasteiger charge is 2.33. The van der Waals surface area contributed by atoms with Gasteiger partial charge in [-0.1, -0.05) is 52.9 Å². The second-order valence-corrected chi connectivity index (χ2v) is 11.0. The molecule has 0 amide bonds. The highest BCUT2D eigenvalue weighted by molar-refractivity contribution is 5.75. The first-order valence-electron chi connectivity index (χ1n) is 14.0. The van der Waals surface area contributed by atoms with Crippen LogP contribution in [-0.4, -0.2) is 11.9 Å². The molecule has 0 radical (unpaired) electrons. The molecule has 0 aliphatic heterocycles. The fraction of sp³-hybridized carbons (Fsp3) is 0.733. The molecule has 1 aromatic rings. The van der Waals surface area contributed by atoms with E-state index in [1.165, 1.54) is 38.5 Å². The van der Waals surface area contributed by atoms with E-state index in [1.807, 2.05) is 0 Å². The summed E-state index contributed by atoms with van der Waals surface area (Å²) in [6, 6.07) is 6.84. The molecule has 34 heavy (non-hydrogen) atoms. The summed E-state index contributed by atoms with van der Waals surface area (Å²) in [5.41, 5.74) is 0. The lowest BCUT2D eigenvalue weighted by molar-refractivity contribution is -0.140. The van der Waals surface area contributed by atoms with Crippen molar-refractivity contribution < 1.29 is 19.1 Å². The average Bonchev–Trinajstić information content (AvgIpc) is 2.86. The van der Waals surface area contributed by atoms with Gasteiger partial charge in [0.1, 0.15) is 11.5 Å². The van der Waals surface area contributed by atoms with Crippen molar-refractivity contribution in [3.05, 3.63) is 24.3 Å². The van der Waals surface area contributed by atoms with E-state index in [0.717, 1.165) is 68.6 Å². The van der Waals surface area contributed by atoms with E-state index in [2.05, 4.69) is 20.8 Å². The molecule has 0 saturated heterocycles. The van der Waals surface area contributed by atoms with E-state index >= 15 is 0 Å². The standard InChI is InChI=1S/C30H46O4/c1-4-6-7-8-29(31)33-27-17-19-28(20-18-27)34-30(32)26-15-13-25(14-16-26)24-11-9-23(10-12-24)21-22(3)5-2/h17-20,22-26H,4-16,21H2,1-3H3. The topological polar surface area (TPSA) is 52.6 Å². The van der Waals surface area contributed by atoms with E-state index in [4.69, 9.17) is 9.47 Å². The summed E-state index contributed by atoms with van der Waals surface area (Å²) in [5.74, 6) is 4.17. The maximum atomic E-state index is 12.7. The molecule has 0 bridgehead atoms. The smallest absolute Gasteiger partial charge is 0.314 e. The molecule has 3 rings (SSSR count). The minimum absolute atomic E-state index is 0.00839. The van der Waals surface area contributed by atoms with E-state index in [1.54, 1.807) is 24.3 Å². The second-order valence-electron chi connectivity index (χ2n) is 11.0. The SMILES string of the molecule is CCCCCC(=O)Oc1ccc(OC(=O)C2CCC(C3CCC(CC(C)CC)CC3)CC2)cc1. The quantitative estimate of drug-likeness (QED) is 0.186. The molecule has 1 atom stereocenters. The number of carbonyl (C=O) groups is 2. The van der Waals surface area contributed by atoms with Crippen LogP contribution < -0.4 is 9.47 Å². The van der Waals surface area contributed by atoms with Gasteiger partial charge in [0, 0.05) is 6.42 Å². The number of hydrogen-bond acceptors (Lipinski definition) is 4. The Hall–Kier alpha value is -1.84. The third kappa shape index (κ3) is 8.43. The van der Waals surface area contributed by atoms with Gasteiger partial charge in [-0.15, -0.1) is 0 Å². The van der Waals surface area contributed by atoms with E-state index in [9.17, 15) is 9.59 Å². The Bertz CT molecular complexity index is 740. The maximum absolute atomic E-state index is 12.7. The molecule has 0 heterocycles. The molecule has 0 aromatic heterocycles. The van der Waals surface area contributed by atoms with Gasteiger partial charge in [-0.25, -0.2) is 0 Å². The maximum Gasteiger partial charge on any atom is 0.314 e. The Balaban J connectivity index is 1.36. The van der Waals surface area contributed by atoms with Crippen molar-refractivity contribution in [1.82, 2.24) is 0 Å². The molecular weight excluding hydrogens is 424 g/mol. The molecule has 2 fully saturated rings. The zero-order chi connectivity index (χ0) is 24.3. The van der Waals surface area contributed by atoms with Crippen molar-refractivity contribution in [3.8, 4) is 11.5 Å². The van der Waals surface area contributed by atoms with Gasteiger partial charge in [0.15, 0.2) is 0 Å². The monoisotopic (exact) mass is 470 g/mol. The first-order valence-corrected chi connectivity index (χ1v) is 14.0. The number of esters is 2. The van der Waals surface area contributed by atoms with Gasteiger partial charge in [-0.2, -0.15) is 0 Å². The molecule has 0 spiro atoms. The van der Waals surface area contributed by atoms with Gasteiger partial charge in [-0.3, -0.25) is 9.59 Å². The number of hydrogen-bond donors (Lipinski definition) is 0. The van der Waals surface area contributed by atoms with Crippen LogP contribution in [0.15, 0.2) is 24.3 Å². The lowest BCUT2D eigenvalue weighted by Crippen LogP contribution is -2.30. The summed E-state index contributed by atoms with van der Waals surface area (Å²) in [4.78, 5) is 24.6. The van der Waals surface area contributed by atoms with Gasteiger partial charge in [0.25, 0.3) is 0 Å². The van der Waals surface area contributed by atoms with Gasteiger partial charge < -0.3 is 9.47 Å². The summed E-state index contributed by atoms with van der Waals surface area (Å²) >= 11 is 0. The molecule has 0 N–H and O–H groups in total. The highest BCUT2D eigenvalue weighted by atomic mass is 16.5. The second kappa shape index (κ2) is 13.9. The number of unbranched alkanes of at least 4 members (excludes halogenated alkanes) is 2. The van der Waals surface area contributed by atoms with Crippen molar-refractivity contribution in [2.45, 2.75) is 111 Å². The predicted molar refractivity (Wildman–Crippen MR) is 137 cm³/mol. The van der Waals surface area contributed by atoms with Gasteiger partial charge in [-0.05, 0) is 99.3 Å². The minimum atomic E-state index is -0.209. The lowest BCUT2D eigenvalue weighted by atomic mass is 9.68. The van der Waals surface area contributed by atoms with Crippen molar-refractivity contribution in [3.63, 3.8) is 0 Å². The normalized spacial score (nSPS) is 26.0. The molecule has 4 heteroatoms. The summed E-state index contributed by atoms with van der Waals surface area (Å²) in [5, 5.41) is 0. The van der Waals surface area contributed by atoms with Crippen LogP contribution in [0.4, 0.5) is 0 Å². The van der Waals surface area contributed by atoms with Crippen molar-refractivity contribution in [1.29, 1.82) is 0 Å². The Labute approximate surface area is 207 Å². The lowest BCUT2D eigenvalue weighted by Gasteiger charge is -2.37. The van der Waals surface area contributed by atoms with Crippen molar-refractivity contribution >= 4 is 11.9 Å². The third-order valence-electron chi connectivity index (χ3n) is 8.35. The van der Waals surface area contributed by atoms with E-state index in [0.29, 0.717) is 17.9 Å². The fourth-order valence-corrected chi connectivity index (χ4v) is 5.93. The van der Waals surface area contributed by atoms with Crippen LogP contribution in [0.1, 0.15) is 111 Å². The van der Waals surface area contributed by atoms with Gasteiger partial charge in [0.2, 0.25) is 0 Å². The highest BCUT2D eigenvalue weighted by Crippen LogP contribution is 2.43. The summed E-state index contributed by atoms with van der Waals surface area (Å²) < 4.78 is 11.0. The molecule has 1 aromatic carbocycles. The summed E-state index contributed by atoms with van der Waals surface area (Å²) in [6.45, 7) is 6.81. The molecule has 2 aliphatic carbocycles. The largest absolute Gasteiger partial charge is 0.427 e. The predicted octanol–water partition coefficient (Wildman–Crippen LogP) is 8.13. The molecule has 2 aliphatic rings.